The molecule has 10 heteroatoms. The average Bonchev–Trinajstić information content (AvgIpc) is 2.70. The Morgan fingerprint density at radius 3 is 1.93 bits per heavy atom. The van der Waals surface area contributed by atoms with Crippen LogP contribution in [0.4, 0.5) is 0 Å². The first kappa shape index (κ1) is 19.8. The number of methoxy groups -OCH3 is 4. The van der Waals surface area contributed by atoms with Crippen molar-refractivity contribution in [2.45, 2.75) is 0 Å². The van der Waals surface area contributed by atoms with Gasteiger partial charge < -0.3 is 43.8 Å². The number of phenols is 4. The van der Waals surface area contributed by atoms with E-state index in [4.69, 9.17) is 23.4 Å². The van der Waals surface area contributed by atoms with Crippen LogP contribution in [0.3, 0.4) is 0 Å². The van der Waals surface area contributed by atoms with E-state index >= 15 is 0 Å². The van der Waals surface area contributed by atoms with Gasteiger partial charge in [0.1, 0.15) is 5.39 Å². The third-order valence-electron chi connectivity index (χ3n) is 4.31. The molecule has 0 spiro atoms. The lowest BCUT2D eigenvalue weighted by atomic mass is 10.1. The molecule has 3 aromatic rings. The highest BCUT2D eigenvalue weighted by Gasteiger charge is 2.29. The Bertz CT molecular complexity index is 1160. The smallest absolute Gasteiger partial charge is 0.239 e. The van der Waals surface area contributed by atoms with Gasteiger partial charge in [0.25, 0.3) is 0 Å². The highest BCUT2D eigenvalue weighted by molar-refractivity contribution is 5.96. The van der Waals surface area contributed by atoms with Crippen LogP contribution in [0.25, 0.3) is 22.3 Å². The Morgan fingerprint density at radius 2 is 1.38 bits per heavy atom. The molecule has 2 aromatic carbocycles. The van der Waals surface area contributed by atoms with Gasteiger partial charge in [0, 0.05) is 5.56 Å². The Kier molecular flexibility index (Phi) is 4.93. The first-order valence-electron chi connectivity index (χ1n) is 8.11. The number of benzene rings is 2. The molecule has 0 unspecified atom stereocenters. The van der Waals surface area contributed by atoms with Crippen LogP contribution in [-0.4, -0.2) is 48.9 Å². The van der Waals surface area contributed by atoms with Crippen LogP contribution in [0.5, 0.6) is 46.0 Å². The average molecular weight is 406 g/mol. The summed E-state index contributed by atoms with van der Waals surface area (Å²) in [6.07, 6.45) is 0. The van der Waals surface area contributed by atoms with Gasteiger partial charge in [0.2, 0.25) is 34.2 Å². The lowest BCUT2D eigenvalue weighted by molar-refractivity contribution is 0.322. The van der Waals surface area contributed by atoms with Gasteiger partial charge in [-0.05, 0) is 12.1 Å². The van der Waals surface area contributed by atoms with Crippen molar-refractivity contribution in [3.05, 3.63) is 22.4 Å². The molecule has 29 heavy (non-hydrogen) atoms. The standard InChI is InChI=1S/C19H18O10/c1-25-9-6-7(5-8(20)11(9)21)15-18(27-3)13(23)10-12(22)17(26-2)14(24)19(28-4)16(10)29-15/h5-6,20-22,24H,1-4H3. The van der Waals surface area contributed by atoms with Crippen LogP contribution in [-0.2, 0) is 0 Å². The molecule has 10 nitrogen and oxygen atoms in total. The summed E-state index contributed by atoms with van der Waals surface area (Å²) in [4.78, 5) is 13.0. The van der Waals surface area contributed by atoms with Crippen LogP contribution in [0, 0.1) is 0 Å². The second kappa shape index (κ2) is 7.23. The van der Waals surface area contributed by atoms with Gasteiger partial charge in [0.15, 0.2) is 28.6 Å². The number of phenolic OH excluding ortho intramolecular Hbond substituents is 4. The van der Waals surface area contributed by atoms with Crippen LogP contribution in [0.2, 0.25) is 0 Å². The van der Waals surface area contributed by atoms with Crippen molar-refractivity contribution in [3.8, 4) is 57.3 Å². The van der Waals surface area contributed by atoms with Crippen molar-refractivity contribution < 1.29 is 43.8 Å². The SMILES string of the molecule is COc1cc(-c2oc3c(OC)c(O)c(OC)c(O)c3c(=O)c2OC)cc(O)c1O. The molecule has 0 bridgehead atoms. The van der Waals surface area contributed by atoms with E-state index in [9.17, 15) is 25.2 Å². The van der Waals surface area contributed by atoms with Gasteiger partial charge >= 0.3 is 0 Å². The number of rotatable bonds is 5. The van der Waals surface area contributed by atoms with E-state index in [1.807, 2.05) is 0 Å². The molecule has 1 aromatic heterocycles. The molecule has 0 fully saturated rings. The van der Waals surface area contributed by atoms with Crippen molar-refractivity contribution in [1.29, 1.82) is 0 Å². The minimum absolute atomic E-state index is 0.0859. The Hall–Kier alpha value is -3.95. The van der Waals surface area contributed by atoms with Crippen molar-refractivity contribution in [2.75, 3.05) is 28.4 Å². The van der Waals surface area contributed by atoms with Gasteiger partial charge in [-0.3, -0.25) is 4.79 Å². The number of aromatic hydroxyl groups is 4. The van der Waals surface area contributed by atoms with Crippen molar-refractivity contribution >= 4 is 11.0 Å². The molecule has 4 N–H and O–H groups in total. The lowest BCUT2D eigenvalue weighted by Gasteiger charge is -2.16. The zero-order valence-corrected chi connectivity index (χ0v) is 15.9. The topological polar surface area (TPSA) is 148 Å². The van der Waals surface area contributed by atoms with E-state index in [2.05, 4.69) is 0 Å². The summed E-state index contributed by atoms with van der Waals surface area (Å²) in [5.41, 5.74) is -0.954. The monoisotopic (exact) mass is 406 g/mol. The molecule has 0 radical (unpaired) electrons. The van der Waals surface area contributed by atoms with Crippen LogP contribution in [0.15, 0.2) is 21.3 Å². The summed E-state index contributed by atoms with van der Waals surface area (Å²) in [6.45, 7) is 0. The Morgan fingerprint density at radius 1 is 0.759 bits per heavy atom. The van der Waals surface area contributed by atoms with E-state index in [1.54, 1.807) is 0 Å². The molecule has 0 aliphatic carbocycles. The van der Waals surface area contributed by atoms with E-state index < -0.39 is 28.4 Å². The predicted octanol–water partition coefficient (Wildman–Crippen LogP) is 2.32. The van der Waals surface area contributed by atoms with E-state index in [1.165, 1.54) is 34.5 Å². The second-order valence-corrected chi connectivity index (χ2v) is 5.81. The first-order valence-corrected chi connectivity index (χ1v) is 8.11. The maximum Gasteiger partial charge on any atom is 0.239 e. The molecule has 0 aliphatic heterocycles. The molecule has 0 saturated heterocycles. The number of hydrogen-bond acceptors (Lipinski definition) is 10. The summed E-state index contributed by atoms with van der Waals surface area (Å²) in [6, 6.07) is 2.43. The molecule has 3 rings (SSSR count). The van der Waals surface area contributed by atoms with Gasteiger partial charge in [-0.1, -0.05) is 0 Å². The number of ether oxygens (including phenoxy) is 4. The largest absolute Gasteiger partial charge is 0.504 e. The van der Waals surface area contributed by atoms with Crippen molar-refractivity contribution in [1.82, 2.24) is 0 Å². The third kappa shape index (κ3) is 2.85. The molecule has 154 valence electrons. The second-order valence-electron chi connectivity index (χ2n) is 5.81. The van der Waals surface area contributed by atoms with Gasteiger partial charge in [-0.25, -0.2) is 0 Å². The lowest BCUT2D eigenvalue weighted by Crippen LogP contribution is -2.09. The van der Waals surface area contributed by atoms with Gasteiger partial charge in [0.05, 0.1) is 28.4 Å². The first-order chi connectivity index (χ1) is 13.8. The summed E-state index contributed by atoms with van der Waals surface area (Å²) in [5.74, 6) is -3.47. The number of fused-ring (bicyclic) bond motifs is 1. The quantitative estimate of drug-likeness (QED) is 0.465. The molecule has 1 heterocycles. The van der Waals surface area contributed by atoms with Gasteiger partial charge in [-0.2, -0.15) is 0 Å². The fourth-order valence-electron chi connectivity index (χ4n) is 2.97. The summed E-state index contributed by atoms with van der Waals surface area (Å²) in [5, 5.41) is 40.2. The summed E-state index contributed by atoms with van der Waals surface area (Å²) < 4.78 is 26.0. The molecule has 0 aliphatic rings. The molecule has 0 amide bonds. The Balaban J connectivity index is 2.51. The maximum atomic E-state index is 13.0. The van der Waals surface area contributed by atoms with Crippen molar-refractivity contribution in [2.24, 2.45) is 0 Å². The zero-order chi connectivity index (χ0) is 21.5. The molecular weight excluding hydrogens is 388 g/mol. The molecule has 0 saturated carbocycles. The van der Waals surface area contributed by atoms with Crippen LogP contribution in [0.1, 0.15) is 0 Å². The van der Waals surface area contributed by atoms with E-state index in [0.29, 0.717) is 0 Å². The van der Waals surface area contributed by atoms with E-state index in [-0.39, 0.29) is 45.3 Å². The van der Waals surface area contributed by atoms with Gasteiger partial charge in [-0.15, -0.1) is 0 Å². The normalized spacial score (nSPS) is 10.8. The fraction of sp³-hybridized carbons (Fsp3) is 0.211. The molecular formula is C19H18O10. The maximum absolute atomic E-state index is 13.0. The highest BCUT2D eigenvalue weighted by atomic mass is 16.5. The fourth-order valence-corrected chi connectivity index (χ4v) is 2.97. The van der Waals surface area contributed by atoms with Crippen LogP contribution < -0.4 is 24.4 Å². The predicted molar refractivity (Wildman–Crippen MR) is 101 cm³/mol. The Labute approximate surface area is 163 Å². The van der Waals surface area contributed by atoms with Crippen molar-refractivity contribution in [3.63, 3.8) is 0 Å². The third-order valence-corrected chi connectivity index (χ3v) is 4.31. The minimum Gasteiger partial charge on any atom is -0.504 e. The highest BCUT2D eigenvalue weighted by Crippen LogP contribution is 2.51. The minimum atomic E-state index is -0.788. The summed E-state index contributed by atoms with van der Waals surface area (Å²) in [7, 11) is 4.91. The summed E-state index contributed by atoms with van der Waals surface area (Å²) >= 11 is 0. The molecule has 0 atom stereocenters. The van der Waals surface area contributed by atoms with Crippen LogP contribution >= 0.6 is 0 Å². The van der Waals surface area contributed by atoms with E-state index in [0.717, 1.165) is 6.07 Å². The number of hydrogen-bond donors (Lipinski definition) is 4. The zero-order valence-electron chi connectivity index (χ0n) is 15.9.